The van der Waals surface area contributed by atoms with Gasteiger partial charge in [0.1, 0.15) is 0 Å². The van der Waals surface area contributed by atoms with E-state index in [4.69, 9.17) is 13.7 Å². The Hall–Kier alpha value is -0.518. The molecule has 132 valence electrons. The van der Waals surface area contributed by atoms with Crippen molar-refractivity contribution in [3.8, 4) is 0 Å². The van der Waals surface area contributed by atoms with E-state index in [0.717, 1.165) is 6.42 Å². The van der Waals surface area contributed by atoms with Gasteiger partial charge >= 0.3 is 7.12 Å². The van der Waals surface area contributed by atoms with E-state index in [0.29, 0.717) is 0 Å². The van der Waals surface area contributed by atoms with Crippen LogP contribution in [-0.2, 0) is 13.7 Å². The molecule has 0 amide bonds. The van der Waals surface area contributed by atoms with Gasteiger partial charge in [0.05, 0.1) is 17.5 Å². The summed E-state index contributed by atoms with van der Waals surface area (Å²) >= 11 is 0. The van der Waals surface area contributed by atoms with Crippen LogP contribution in [0.5, 0.6) is 0 Å². The summed E-state index contributed by atoms with van der Waals surface area (Å²) in [5.74, 6) is 2.06. The molecule has 0 aromatic heterocycles. The first-order valence-corrected chi connectivity index (χ1v) is 11.4. The molecular weight excluding hydrogens is 303 g/mol. The van der Waals surface area contributed by atoms with E-state index >= 15 is 0 Å². The van der Waals surface area contributed by atoms with Gasteiger partial charge in [0.25, 0.3) is 0 Å². The SMILES string of the molecule is C/C(=C\B1OC(C)(C)C(C)(C)O1)C/C=C/O[Si](C)(C)C(C)(C)C. The molecule has 0 aromatic rings. The first-order valence-electron chi connectivity index (χ1n) is 8.54. The van der Waals surface area contributed by atoms with Gasteiger partial charge in [-0.1, -0.05) is 32.3 Å². The molecule has 1 saturated heterocycles. The minimum Gasteiger partial charge on any atom is -0.549 e. The summed E-state index contributed by atoms with van der Waals surface area (Å²) in [4.78, 5) is 0. The van der Waals surface area contributed by atoms with Crippen molar-refractivity contribution in [2.45, 2.75) is 91.1 Å². The number of allylic oxidation sites excluding steroid dienone is 2. The van der Waals surface area contributed by atoms with Crippen molar-refractivity contribution < 1.29 is 13.7 Å². The zero-order valence-electron chi connectivity index (χ0n) is 16.7. The zero-order chi connectivity index (χ0) is 18.1. The van der Waals surface area contributed by atoms with E-state index < -0.39 is 8.32 Å². The lowest BCUT2D eigenvalue weighted by Gasteiger charge is -2.34. The molecule has 1 aliphatic heterocycles. The van der Waals surface area contributed by atoms with E-state index in [-0.39, 0.29) is 23.4 Å². The maximum atomic E-state index is 6.05. The zero-order valence-corrected chi connectivity index (χ0v) is 17.7. The van der Waals surface area contributed by atoms with Crippen LogP contribution in [0.15, 0.2) is 23.9 Å². The molecular formula is C18H35BO3Si. The third-order valence-electron chi connectivity index (χ3n) is 5.40. The fourth-order valence-corrected chi connectivity index (χ4v) is 2.68. The average Bonchev–Trinajstić information content (AvgIpc) is 2.51. The summed E-state index contributed by atoms with van der Waals surface area (Å²) < 4.78 is 18.0. The second-order valence-electron chi connectivity index (χ2n) is 9.09. The van der Waals surface area contributed by atoms with Crippen LogP contribution in [0.25, 0.3) is 0 Å². The van der Waals surface area contributed by atoms with Crippen LogP contribution in [0.4, 0.5) is 0 Å². The van der Waals surface area contributed by atoms with Crippen molar-refractivity contribution >= 4 is 15.4 Å². The third kappa shape index (κ3) is 5.23. The Labute approximate surface area is 144 Å². The summed E-state index contributed by atoms with van der Waals surface area (Å²) in [6.07, 6.45) is 4.80. The van der Waals surface area contributed by atoms with Gasteiger partial charge in [0.2, 0.25) is 8.32 Å². The summed E-state index contributed by atoms with van der Waals surface area (Å²) in [5.41, 5.74) is 0.657. The molecule has 1 heterocycles. The van der Waals surface area contributed by atoms with Crippen LogP contribution in [0.2, 0.25) is 18.1 Å². The standard InChI is InChI=1S/C18H35BO3Si/c1-15(12-11-13-20-23(9,10)16(2,3)4)14-19-21-17(5,6)18(7,8)22-19/h11,13-14H,12H2,1-10H3/b13-11+,15-14+. The second-order valence-corrected chi connectivity index (χ2v) is 13.8. The maximum Gasteiger partial charge on any atom is 0.487 e. The summed E-state index contributed by atoms with van der Waals surface area (Å²) in [5, 5.41) is 0.227. The molecule has 3 nitrogen and oxygen atoms in total. The highest BCUT2D eigenvalue weighted by molar-refractivity contribution is 6.74. The smallest absolute Gasteiger partial charge is 0.487 e. The second kappa shape index (κ2) is 6.77. The first kappa shape index (κ1) is 20.5. The van der Waals surface area contributed by atoms with E-state index in [1.165, 1.54) is 5.57 Å². The van der Waals surface area contributed by atoms with Crippen molar-refractivity contribution in [2.75, 3.05) is 0 Å². The van der Waals surface area contributed by atoms with Crippen LogP contribution in [0.3, 0.4) is 0 Å². The molecule has 0 radical (unpaired) electrons. The van der Waals surface area contributed by atoms with E-state index in [9.17, 15) is 0 Å². The Morgan fingerprint density at radius 3 is 2.00 bits per heavy atom. The lowest BCUT2D eigenvalue weighted by atomic mass is 9.86. The Kier molecular flexibility index (Phi) is 6.04. The molecule has 0 aliphatic carbocycles. The minimum atomic E-state index is -1.71. The van der Waals surface area contributed by atoms with Gasteiger partial charge in [0.15, 0.2) is 0 Å². The van der Waals surface area contributed by atoms with E-state index in [1.807, 2.05) is 6.26 Å². The summed E-state index contributed by atoms with van der Waals surface area (Å²) in [6, 6.07) is 0. The van der Waals surface area contributed by atoms with Crippen LogP contribution in [0.1, 0.15) is 61.8 Å². The molecule has 0 spiro atoms. The molecule has 1 fully saturated rings. The van der Waals surface area contributed by atoms with Gasteiger partial charge in [-0.2, -0.15) is 0 Å². The Balaban J connectivity index is 2.55. The van der Waals surface area contributed by atoms with Gasteiger partial charge in [-0.25, -0.2) is 0 Å². The molecule has 0 atom stereocenters. The Morgan fingerprint density at radius 1 is 1.09 bits per heavy atom. The molecule has 0 saturated carbocycles. The summed E-state index contributed by atoms with van der Waals surface area (Å²) in [7, 11) is -1.98. The van der Waals surface area contributed by atoms with E-state index in [1.54, 1.807) is 0 Å². The highest BCUT2D eigenvalue weighted by Crippen LogP contribution is 2.38. The number of rotatable bonds is 5. The highest BCUT2D eigenvalue weighted by atomic mass is 28.4. The van der Waals surface area contributed by atoms with E-state index in [2.05, 4.69) is 80.5 Å². The van der Waals surface area contributed by atoms with Gasteiger partial charge in [-0.15, -0.1) is 0 Å². The average molecular weight is 338 g/mol. The Morgan fingerprint density at radius 2 is 1.57 bits per heavy atom. The fourth-order valence-electron chi connectivity index (χ4n) is 1.89. The monoisotopic (exact) mass is 338 g/mol. The molecule has 23 heavy (non-hydrogen) atoms. The predicted molar refractivity (Wildman–Crippen MR) is 102 cm³/mol. The first-order chi connectivity index (χ1) is 10.2. The molecule has 0 unspecified atom stereocenters. The lowest BCUT2D eigenvalue weighted by molar-refractivity contribution is 0.00578. The number of hydrogen-bond acceptors (Lipinski definition) is 3. The molecule has 5 heteroatoms. The van der Waals surface area contributed by atoms with Crippen molar-refractivity contribution in [3.63, 3.8) is 0 Å². The third-order valence-corrected chi connectivity index (χ3v) is 9.73. The van der Waals surface area contributed by atoms with Gasteiger partial charge in [-0.05, 0) is 65.2 Å². The maximum absolute atomic E-state index is 6.05. The van der Waals surface area contributed by atoms with Crippen LogP contribution < -0.4 is 0 Å². The normalized spacial score (nSPS) is 22.0. The quantitative estimate of drug-likeness (QED) is 0.490. The highest BCUT2D eigenvalue weighted by Gasteiger charge is 2.50. The van der Waals surface area contributed by atoms with Gasteiger partial charge in [0, 0.05) is 0 Å². The molecule has 0 aromatic carbocycles. The van der Waals surface area contributed by atoms with Crippen molar-refractivity contribution in [1.29, 1.82) is 0 Å². The summed E-state index contributed by atoms with van der Waals surface area (Å²) in [6.45, 7) is 21.6. The number of hydrogen-bond donors (Lipinski definition) is 0. The fraction of sp³-hybridized carbons (Fsp3) is 0.778. The van der Waals surface area contributed by atoms with Crippen LogP contribution in [-0.4, -0.2) is 26.6 Å². The molecule has 0 N–H and O–H groups in total. The largest absolute Gasteiger partial charge is 0.549 e. The molecule has 1 rings (SSSR count). The van der Waals surface area contributed by atoms with Gasteiger partial charge in [-0.3, -0.25) is 0 Å². The van der Waals surface area contributed by atoms with Crippen molar-refractivity contribution in [2.24, 2.45) is 0 Å². The Bertz CT molecular complexity index is 457. The predicted octanol–water partition coefficient (Wildman–Crippen LogP) is 5.49. The minimum absolute atomic E-state index is 0.227. The topological polar surface area (TPSA) is 27.7 Å². The van der Waals surface area contributed by atoms with Crippen molar-refractivity contribution in [1.82, 2.24) is 0 Å². The lowest BCUT2D eigenvalue weighted by Crippen LogP contribution is -2.41. The van der Waals surface area contributed by atoms with Crippen molar-refractivity contribution in [3.05, 3.63) is 23.9 Å². The van der Waals surface area contributed by atoms with Crippen LogP contribution in [0, 0.1) is 0 Å². The molecule has 1 aliphatic rings. The van der Waals surface area contributed by atoms with Crippen LogP contribution >= 0.6 is 0 Å². The van der Waals surface area contributed by atoms with Gasteiger partial charge < -0.3 is 13.7 Å². The molecule has 0 bridgehead atoms.